The Balaban J connectivity index is 1.57. The second-order valence-corrected chi connectivity index (χ2v) is 4.93. The summed E-state index contributed by atoms with van der Waals surface area (Å²) in [5, 5.41) is 6.29. The predicted octanol–water partition coefficient (Wildman–Crippen LogP) is 1.60. The summed E-state index contributed by atoms with van der Waals surface area (Å²) >= 11 is 0. The zero-order valence-corrected chi connectivity index (χ0v) is 9.93. The van der Waals surface area contributed by atoms with Crippen molar-refractivity contribution in [2.45, 2.75) is 38.5 Å². The molecule has 0 aromatic heterocycles. The molecular weight excluding hydrogens is 200 g/mol. The van der Waals surface area contributed by atoms with Gasteiger partial charge in [-0.25, -0.2) is 0 Å². The minimum absolute atomic E-state index is 0.228. The summed E-state index contributed by atoms with van der Waals surface area (Å²) in [7, 11) is 0. The number of amides is 1. The monoisotopic (exact) mass is 222 g/mol. The maximum absolute atomic E-state index is 11.6. The van der Waals surface area contributed by atoms with E-state index in [4.69, 9.17) is 0 Å². The summed E-state index contributed by atoms with van der Waals surface area (Å²) < 4.78 is 0. The Morgan fingerprint density at radius 1 is 1.50 bits per heavy atom. The number of nitrogens with one attached hydrogen (secondary N) is 2. The lowest BCUT2D eigenvalue weighted by atomic mass is 9.82. The third-order valence-corrected chi connectivity index (χ3v) is 3.67. The molecule has 3 heteroatoms. The Labute approximate surface area is 97.7 Å². The second kappa shape index (κ2) is 6.04. The highest BCUT2D eigenvalue weighted by Crippen LogP contribution is 2.30. The van der Waals surface area contributed by atoms with Gasteiger partial charge in [-0.05, 0) is 25.3 Å². The van der Waals surface area contributed by atoms with Crippen LogP contribution in [0.3, 0.4) is 0 Å². The van der Waals surface area contributed by atoms with E-state index >= 15 is 0 Å². The Morgan fingerprint density at radius 2 is 2.38 bits per heavy atom. The lowest BCUT2D eigenvalue weighted by Crippen LogP contribution is -2.30. The minimum Gasteiger partial charge on any atom is -0.352 e. The van der Waals surface area contributed by atoms with Gasteiger partial charge in [-0.3, -0.25) is 4.79 Å². The van der Waals surface area contributed by atoms with E-state index < -0.39 is 0 Å². The Kier molecular flexibility index (Phi) is 4.40. The SMILES string of the molecule is O=C(CCC1CCC1)NCC1=CCNCC1. The van der Waals surface area contributed by atoms with Crippen LogP contribution in [-0.2, 0) is 4.79 Å². The van der Waals surface area contributed by atoms with Crippen LogP contribution in [0.5, 0.6) is 0 Å². The Bertz CT molecular complexity index is 269. The molecule has 90 valence electrons. The molecule has 1 aliphatic carbocycles. The third kappa shape index (κ3) is 3.63. The summed E-state index contributed by atoms with van der Waals surface area (Å²) in [6.45, 7) is 2.75. The second-order valence-electron chi connectivity index (χ2n) is 4.93. The summed E-state index contributed by atoms with van der Waals surface area (Å²) in [5.41, 5.74) is 1.37. The molecular formula is C13H22N2O. The van der Waals surface area contributed by atoms with Crippen molar-refractivity contribution < 1.29 is 4.79 Å². The van der Waals surface area contributed by atoms with E-state index in [2.05, 4.69) is 16.7 Å². The fraction of sp³-hybridized carbons (Fsp3) is 0.769. The first-order valence-electron chi connectivity index (χ1n) is 6.50. The van der Waals surface area contributed by atoms with Crippen molar-refractivity contribution in [3.63, 3.8) is 0 Å². The van der Waals surface area contributed by atoms with Gasteiger partial charge in [-0.1, -0.05) is 30.9 Å². The van der Waals surface area contributed by atoms with Crippen molar-refractivity contribution in [2.24, 2.45) is 5.92 Å². The maximum atomic E-state index is 11.6. The number of hydrogen-bond acceptors (Lipinski definition) is 2. The van der Waals surface area contributed by atoms with Gasteiger partial charge in [0.05, 0.1) is 0 Å². The third-order valence-electron chi connectivity index (χ3n) is 3.67. The summed E-state index contributed by atoms with van der Waals surface area (Å²) in [4.78, 5) is 11.6. The Hall–Kier alpha value is -0.830. The van der Waals surface area contributed by atoms with Crippen LogP contribution in [0.2, 0.25) is 0 Å². The van der Waals surface area contributed by atoms with Crippen LogP contribution in [0.1, 0.15) is 38.5 Å². The van der Waals surface area contributed by atoms with Gasteiger partial charge in [0.1, 0.15) is 0 Å². The van der Waals surface area contributed by atoms with Gasteiger partial charge in [-0.15, -0.1) is 0 Å². The van der Waals surface area contributed by atoms with Gasteiger partial charge >= 0.3 is 0 Å². The van der Waals surface area contributed by atoms with Crippen molar-refractivity contribution in [3.8, 4) is 0 Å². The smallest absolute Gasteiger partial charge is 0.220 e. The summed E-state index contributed by atoms with van der Waals surface area (Å²) in [6.07, 6.45) is 9.11. The average molecular weight is 222 g/mol. The van der Waals surface area contributed by atoms with E-state index in [-0.39, 0.29) is 5.91 Å². The topological polar surface area (TPSA) is 41.1 Å². The van der Waals surface area contributed by atoms with Crippen molar-refractivity contribution in [3.05, 3.63) is 11.6 Å². The number of carbonyl (C=O) groups excluding carboxylic acids is 1. The first-order valence-corrected chi connectivity index (χ1v) is 6.50. The molecule has 0 radical (unpaired) electrons. The van der Waals surface area contributed by atoms with E-state index in [1.807, 2.05) is 0 Å². The standard InChI is InChI=1S/C13H22N2O/c16-13(5-4-11-2-1-3-11)15-10-12-6-8-14-9-7-12/h6,11,14H,1-5,7-10H2,(H,15,16). The molecule has 0 saturated heterocycles. The van der Waals surface area contributed by atoms with Crippen molar-refractivity contribution in [2.75, 3.05) is 19.6 Å². The molecule has 2 N–H and O–H groups in total. The van der Waals surface area contributed by atoms with Crippen LogP contribution < -0.4 is 10.6 Å². The number of carbonyl (C=O) groups is 1. The fourth-order valence-electron chi connectivity index (χ4n) is 2.25. The largest absolute Gasteiger partial charge is 0.352 e. The van der Waals surface area contributed by atoms with Gasteiger partial charge < -0.3 is 10.6 Å². The molecule has 2 rings (SSSR count). The zero-order valence-electron chi connectivity index (χ0n) is 9.93. The van der Waals surface area contributed by atoms with Crippen LogP contribution in [0, 0.1) is 5.92 Å². The van der Waals surface area contributed by atoms with Crippen molar-refractivity contribution in [1.82, 2.24) is 10.6 Å². The van der Waals surface area contributed by atoms with Crippen LogP contribution >= 0.6 is 0 Å². The molecule has 0 aromatic carbocycles. The first-order chi connectivity index (χ1) is 7.84. The molecule has 0 aromatic rings. The van der Waals surface area contributed by atoms with Gasteiger partial charge in [0.15, 0.2) is 0 Å². The molecule has 1 amide bonds. The quantitative estimate of drug-likeness (QED) is 0.694. The van der Waals surface area contributed by atoms with E-state index in [0.29, 0.717) is 0 Å². The highest BCUT2D eigenvalue weighted by atomic mass is 16.1. The fourth-order valence-corrected chi connectivity index (χ4v) is 2.25. The zero-order chi connectivity index (χ0) is 11.2. The van der Waals surface area contributed by atoms with Gasteiger partial charge in [-0.2, -0.15) is 0 Å². The minimum atomic E-state index is 0.228. The maximum Gasteiger partial charge on any atom is 0.220 e. The van der Waals surface area contributed by atoms with Crippen molar-refractivity contribution >= 4 is 5.91 Å². The van der Waals surface area contributed by atoms with Gasteiger partial charge in [0, 0.05) is 19.5 Å². The van der Waals surface area contributed by atoms with E-state index in [9.17, 15) is 4.79 Å². The van der Waals surface area contributed by atoms with E-state index in [1.54, 1.807) is 0 Å². The Morgan fingerprint density at radius 3 is 3.00 bits per heavy atom. The van der Waals surface area contributed by atoms with Gasteiger partial charge in [0.25, 0.3) is 0 Å². The molecule has 1 saturated carbocycles. The lowest BCUT2D eigenvalue weighted by Gasteiger charge is -2.24. The van der Waals surface area contributed by atoms with E-state index in [1.165, 1.54) is 24.8 Å². The number of hydrogen-bond donors (Lipinski definition) is 2. The van der Waals surface area contributed by atoms with Crippen LogP contribution in [0.4, 0.5) is 0 Å². The highest BCUT2D eigenvalue weighted by Gasteiger charge is 2.18. The lowest BCUT2D eigenvalue weighted by molar-refractivity contribution is -0.121. The first kappa shape index (κ1) is 11.6. The molecule has 1 aliphatic heterocycles. The molecule has 2 aliphatic rings. The molecule has 0 spiro atoms. The summed E-state index contributed by atoms with van der Waals surface area (Å²) in [5.74, 6) is 1.06. The summed E-state index contributed by atoms with van der Waals surface area (Å²) in [6, 6.07) is 0. The molecule has 1 fully saturated rings. The van der Waals surface area contributed by atoms with Gasteiger partial charge in [0.2, 0.25) is 5.91 Å². The predicted molar refractivity (Wildman–Crippen MR) is 65.2 cm³/mol. The van der Waals surface area contributed by atoms with Crippen LogP contribution in [0.15, 0.2) is 11.6 Å². The molecule has 16 heavy (non-hydrogen) atoms. The molecule has 0 atom stereocenters. The highest BCUT2D eigenvalue weighted by molar-refractivity contribution is 5.76. The molecule has 1 heterocycles. The van der Waals surface area contributed by atoms with Crippen LogP contribution in [0.25, 0.3) is 0 Å². The molecule has 0 unspecified atom stereocenters. The molecule has 3 nitrogen and oxygen atoms in total. The van der Waals surface area contributed by atoms with Crippen LogP contribution in [-0.4, -0.2) is 25.5 Å². The average Bonchev–Trinajstić information content (AvgIpc) is 2.26. The van der Waals surface area contributed by atoms with E-state index in [0.717, 1.165) is 44.8 Å². The van der Waals surface area contributed by atoms with Crippen molar-refractivity contribution in [1.29, 1.82) is 0 Å². The normalized spacial score (nSPS) is 21.1. The molecule has 0 bridgehead atoms. The number of rotatable bonds is 5.